The predicted molar refractivity (Wildman–Crippen MR) is 59.2 cm³/mol. The Morgan fingerprint density at radius 1 is 1.38 bits per heavy atom. The minimum atomic E-state index is -0.432. The number of hydrogen-bond acceptors (Lipinski definition) is 2. The zero-order chi connectivity index (χ0) is 11.5. The molecular formula is C12H14FNO2. The Kier molecular flexibility index (Phi) is 3.08. The molecule has 0 saturated carbocycles. The second-order valence-electron chi connectivity index (χ2n) is 3.82. The molecule has 86 valence electrons. The highest BCUT2D eigenvalue weighted by atomic mass is 19.1. The summed E-state index contributed by atoms with van der Waals surface area (Å²) in [6, 6.07) is 4.61. The number of hydrogen-bond donors (Lipinski definition) is 0. The average molecular weight is 223 g/mol. The van der Waals surface area contributed by atoms with E-state index in [4.69, 9.17) is 4.74 Å². The largest absolute Gasteiger partial charge is 0.494 e. The van der Waals surface area contributed by atoms with Crippen LogP contribution >= 0.6 is 0 Å². The van der Waals surface area contributed by atoms with Crippen molar-refractivity contribution in [2.24, 2.45) is 0 Å². The molecular weight excluding hydrogens is 209 g/mol. The smallest absolute Gasteiger partial charge is 0.226 e. The molecule has 0 spiro atoms. The molecule has 0 bridgehead atoms. The zero-order valence-corrected chi connectivity index (χ0v) is 9.20. The number of anilines is 1. The van der Waals surface area contributed by atoms with E-state index in [0.717, 1.165) is 12.8 Å². The second-order valence-corrected chi connectivity index (χ2v) is 3.82. The van der Waals surface area contributed by atoms with Crippen LogP contribution in [0.5, 0.6) is 5.75 Å². The molecule has 3 nitrogen and oxygen atoms in total. The van der Waals surface area contributed by atoms with Crippen molar-refractivity contribution in [1.29, 1.82) is 0 Å². The molecule has 1 amide bonds. The van der Waals surface area contributed by atoms with Crippen LogP contribution in [-0.4, -0.2) is 19.6 Å². The van der Waals surface area contributed by atoms with Crippen molar-refractivity contribution in [3.05, 3.63) is 24.0 Å². The van der Waals surface area contributed by atoms with Gasteiger partial charge in [-0.25, -0.2) is 4.39 Å². The summed E-state index contributed by atoms with van der Waals surface area (Å²) in [6.45, 7) is 0.671. The summed E-state index contributed by atoms with van der Waals surface area (Å²) < 4.78 is 18.3. The molecule has 0 N–H and O–H groups in total. The van der Waals surface area contributed by atoms with Gasteiger partial charge in [0.15, 0.2) is 11.6 Å². The van der Waals surface area contributed by atoms with Gasteiger partial charge < -0.3 is 9.64 Å². The van der Waals surface area contributed by atoms with Gasteiger partial charge in [0.25, 0.3) is 0 Å². The summed E-state index contributed by atoms with van der Waals surface area (Å²) in [4.78, 5) is 13.3. The normalized spacial score (nSPS) is 16.4. The Bertz CT molecular complexity index is 406. The van der Waals surface area contributed by atoms with Gasteiger partial charge in [0, 0.05) is 24.7 Å². The first-order chi connectivity index (χ1) is 7.72. The topological polar surface area (TPSA) is 29.5 Å². The molecule has 1 saturated heterocycles. The van der Waals surface area contributed by atoms with E-state index in [1.165, 1.54) is 13.2 Å². The van der Waals surface area contributed by atoms with Gasteiger partial charge in [-0.15, -0.1) is 0 Å². The first kappa shape index (κ1) is 10.9. The van der Waals surface area contributed by atoms with E-state index in [2.05, 4.69) is 0 Å². The summed E-state index contributed by atoms with van der Waals surface area (Å²) in [6.07, 6.45) is 2.45. The molecule has 1 aliphatic rings. The van der Waals surface area contributed by atoms with Crippen LogP contribution in [0.1, 0.15) is 19.3 Å². The lowest BCUT2D eigenvalue weighted by Gasteiger charge is -2.26. The molecule has 1 heterocycles. The fraction of sp³-hybridized carbons (Fsp3) is 0.417. The van der Waals surface area contributed by atoms with Gasteiger partial charge in [0.05, 0.1) is 7.11 Å². The zero-order valence-electron chi connectivity index (χ0n) is 9.20. The summed E-state index contributed by atoms with van der Waals surface area (Å²) in [5.41, 5.74) is 0.614. The quantitative estimate of drug-likeness (QED) is 0.770. The van der Waals surface area contributed by atoms with E-state index in [0.29, 0.717) is 18.7 Å². The minimum absolute atomic E-state index is 0.0656. The Hall–Kier alpha value is -1.58. The molecule has 0 atom stereocenters. The standard InChI is InChI=1S/C12H14FNO2/c1-16-11-6-5-9(8-10(11)13)14-7-3-2-4-12(14)15/h5-6,8H,2-4,7H2,1H3. The van der Waals surface area contributed by atoms with E-state index in [1.807, 2.05) is 0 Å². The van der Waals surface area contributed by atoms with Crippen molar-refractivity contribution in [3.8, 4) is 5.75 Å². The highest BCUT2D eigenvalue weighted by Crippen LogP contribution is 2.26. The number of ether oxygens (including phenoxy) is 1. The van der Waals surface area contributed by atoms with Crippen LogP contribution in [0.3, 0.4) is 0 Å². The average Bonchev–Trinajstić information content (AvgIpc) is 2.29. The minimum Gasteiger partial charge on any atom is -0.494 e. The van der Waals surface area contributed by atoms with Crippen LogP contribution in [0.25, 0.3) is 0 Å². The maximum atomic E-state index is 13.5. The number of benzene rings is 1. The van der Waals surface area contributed by atoms with Crippen LogP contribution in [0.4, 0.5) is 10.1 Å². The van der Waals surface area contributed by atoms with Gasteiger partial charge in [-0.05, 0) is 25.0 Å². The summed E-state index contributed by atoms with van der Waals surface area (Å²) in [5.74, 6) is -0.164. The molecule has 2 rings (SSSR count). The predicted octanol–water partition coefficient (Wildman–Crippen LogP) is 2.35. The van der Waals surface area contributed by atoms with Crippen molar-refractivity contribution in [1.82, 2.24) is 0 Å². The van der Waals surface area contributed by atoms with Crippen LogP contribution in [0.2, 0.25) is 0 Å². The fourth-order valence-electron chi connectivity index (χ4n) is 1.90. The van der Waals surface area contributed by atoms with Gasteiger partial charge >= 0.3 is 0 Å². The van der Waals surface area contributed by atoms with Gasteiger partial charge in [0.1, 0.15) is 0 Å². The van der Waals surface area contributed by atoms with Crippen molar-refractivity contribution in [3.63, 3.8) is 0 Å². The molecule has 1 aliphatic heterocycles. The van der Waals surface area contributed by atoms with Gasteiger partial charge in [0.2, 0.25) is 5.91 Å². The van der Waals surface area contributed by atoms with Gasteiger partial charge in [-0.2, -0.15) is 0 Å². The number of rotatable bonds is 2. The SMILES string of the molecule is COc1ccc(N2CCCCC2=O)cc1F. The number of methoxy groups -OCH3 is 1. The molecule has 0 radical (unpaired) electrons. The van der Waals surface area contributed by atoms with Crippen molar-refractivity contribution in [2.75, 3.05) is 18.6 Å². The first-order valence-corrected chi connectivity index (χ1v) is 5.36. The van der Waals surface area contributed by atoms with E-state index < -0.39 is 5.82 Å². The third kappa shape index (κ3) is 2.01. The summed E-state index contributed by atoms with van der Waals surface area (Å²) in [5, 5.41) is 0. The third-order valence-electron chi connectivity index (χ3n) is 2.77. The monoisotopic (exact) mass is 223 g/mol. The van der Waals surface area contributed by atoms with Crippen molar-refractivity contribution in [2.45, 2.75) is 19.3 Å². The molecule has 1 aromatic rings. The highest BCUT2D eigenvalue weighted by Gasteiger charge is 2.20. The number of carbonyl (C=O) groups excluding carboxylic acids is 1. The van der Waals surface area contributed by atoms with Crippen molar-refractivity contribution >= 4 is 11.6 Å². The van der Waals surface area contributed by atoms with Crippen LogP contribution < -0.4 is 9.64 Å². The third-order valence-corrected chi connectivity index (χ3v) is 2.77. The Morgan fingerprint density at radius 2 is 2.19 bits per heavy atom. The number of carbonyl (C=O) groups is 1. The van der Waals surface area contributed by atoms with Crippen LogP contribution in [0.15, 0.2) is 18.2 Å². The highest BCUT2D eigenvalue weighted by molar-refractivity contribution is 5.94. The summed E-state index contributed by atoms with van der Waals surface area (Å²) in [7, 11) is 1.42. The lowest BCUT2D eigenvalue weighted by molar-refractivity contribution is -0.119. The Morgan fingerprint density at radius 3 is 2.81 bits per heavy atom. The van der Waals surface area contributed by atoms with E-state index in [9.17, 15) is 9.18 Å². The van der Waals surface area contributed by atoms with E-state index in [-0.39, 0.29) is 11.7 Å². The maximum Gasteiger partial charge on any atom is 0.226 e. The Balaban J connectivity index is 2.26. The lowest BCUT2D eigenvalue weighted by atomic mass is 10.1. The molecule has 0 unspecified atom stereocenters. The van der Waals surface area contributed by atoms with Crippen LogP contribution in [0, 0.1) is 5.82 Å². The van der Waals surface area contributed by atoms with E-state index in [1.54, 1.807) is 17.0 Å². The maximum absolute atomic E-state index is 13.5. The first-order valence-electron chi connectivity index (χ1n) is 5.36. The molecule has 4 heteroatoms. The molecule has 16 heavy (non-hydrogen) atoms. The molecule has 1 fully saturated rings. The molecule has 0 aromatic heterocycles. The van der Waals surface area contributed by atoms with Crippen LogP contribution in [-0.2, 0) is 4.79 Å². The number of halogens is 1. The summed E-state index contributed by atoms with van der Waals surface area (Å²) >= 11 is 0. The van der Waals surface area contributed by atoms with Gasteiger partial charge in [-0.3, -0.25) is 4.79 Å². The van der Waals surface area contributed by atoms with Gasteiger partial charge in [-0.1, -0.05) is 0 Å². The Labute approximate surface area is 93.8 Å². The fourth-order valence-corrected chi connectivity index (χ4v) is 1.90. The second kappa shape index (κ2) is 4.51. The number of amides is 1. The number of piperidine rings is 1. The lowest BCUT2D eigenvalue weighted by Crippen LogP contribution is -2.35. The molecule has 1 aromatic carbocycles. The number of nitrogens with zero attached hydrogens (tertiary/aromatic N) is 1. The van der Waals surface area contributed by atoms with Crippen molar-refractivity contribution < 1.29 is 13.9 Å². The van der Waals surface area contributed by atoms with E-state index >= 15 is 0 Å². The molecule has 0 aliphatic carbocycles.